The number of aldehydes is 1. The first-order valence-electron chi connectivity index (χ1n) is 5.50. The maximum absolute atomic E-state index is 10.5. The SMILES string of the molecule is CC(CC=O)c1ccc2c(c1)CCCS2. The molecule has 0 spiro atoms. The van der Waals surface area contributed by atoms with Crippen molar-refractivity contribution in [2.24, 2.45) is 0 Å². The lowest BCUT2D eigenvalue weighted by Crippen LogP contribution is -2.01. The lowest BCUT2D eigenvalue weighted by atomic mass is 9.95. The molecule has 0 amide bonds. The maximum atomic E-state index is 10.5. The van der Waals surface area contributed by atoms with E-state index in [0.29, 0.717) is 12.3 Å². The van der Waals surface area contributed by atoms with Gasteiger partial charge in [-0.1, -0.05) is 19.1 Å². The van der Waals surface area contributed by atoms with Crippen LogP contribution in [-0.2, 0) is 11.2 Å². The van der Waals surface area contributed by atoms with Crippen LogP contribution in [0.5, 0.6) is 0 Å². The number of thioether (sulfide) groups is 1. The van der Waals surface area contributed by atoms with Gasteiger partial charge in [-0.15, -0.1) is 11.8 Å². The average Bonchev–Trinajstić information content (AvgIpc) is 2.29. The number of hydrogen-bond donors (Lipinski definition) is 0. The first kappa shape index (κ1) is 10.7. The summed E-state index contributed by atoms with van der Waals surface area (Å²) in [6.07, 6.45) is 4.12. The van der Waals surface area contributed by atoms with E-state index < -0.39 is 0 Å². The molecule has 1 heterocycles. The molecule has 0 bridgehead atoms. The molecular formula is C13H16OS. The third kappa shape index (κ3) is 2.43. The normalized spacial score (nSPS) is 16.9. The zero-order valence-corrected chi connectivity index (χ0v) is 9.85. The summed E-state index contributed by atoms with van der Waals surface area (Å²) in [5.74, 6) is 1.61. The monoisotopic (exact) mass is 220 g/mol. The Morgan fingerprint density at radius 2 is 2.40 bits per heavy atom. The topological polar surface area (TPSA) is 17.1 Å². The Hall–Kier alpha value is -0.760. The molecule has 0 saturated carbocycles. The zero-order chi connectivity index (χ0) is 10.7. The average molecular weight is 220 g/mol. The number of carbonyl (C=O) groups excluding carboxylic acids is 1. The minimum atomic E-state index is 0.361. The Bertz CT molecular complexity index is 360. The standard InChI is InChI=1S/C13H16OS/c1-10(6-7-14)11-4-5-13-12(9-11)3-2-8-15-13/h4-5,7,9-10H,2-3,6,8H2,1H3. The number of fused-ring (bicyclic) bond motifs is 1. The summed E-state index contributed by atoms with van der Waals surface area (Å²) < 4.78 is 0. The van der Waals surface area contributed by atoms with E-state index in [-0.39, 0.29) is 0 Å². The van der Waals surface area contributed by atoms with Gasteiger partial charge in [-0.05, 0) is 41.7 Å². The van der Waals surface area contributed by atoms with Gasteiger partial charge in [0, 0.05) is 11.3 Å². The fourth-order valence-electron chi connectivity index (χ4n) is 1.97. The van der Waals surface area contributed by atoms with Crippen LogP contribution in [0.15, 0.2) is 23.1 Å². The highest BCUT2D eigenvalue weighted by Crippen LogP contribution is 2.32. The molecule has 2 heteroatoms. The molecule has 0 radical (unpaired) electrons. The number of hydrogen-bond acceptors (Lipinski definition) is 2. The van der Waals surface area contributed by atoms with Crippen LogP contribution in [-0.4, -0.2) is 12.0 Å². The van der Waals surface area contributed by atoms with E-state index in [1.54, 1.807) is 0 Å². The van der Waals surface area contributed by atoms with Crippen LogP contribution in [0.2, 0.25) is 0 Å². The van der Waals surface area contributed by atoms with E-state index in [1.165, 1.54) is 34.6 Å². The van der Waals surface area contributed by atoms with Crippen LogP contribution in [0.4, 0.5) is 0 Å². The Morgan fingerprint density at radius 1 is 1.53 bits per heavy atom. The van der Waals surface area contributed by atoms with Crippen molar-refractivity contribution in [1.29, 1.82) is 0 Å². The van der Waals surface area contributed by atoms with Crippen molar-refractivity contribution in [3.8, 4) is 0 Å². The quantitative estimate of drug-likeness (QED) is 0.726. The van der Waals surface area contributed by atoms with Crippen LogP contribution in [0.1, 0.15) is 36.8 Å². The molecule has 0 N–H and O–H groups in total. The predicted molar refractivity (Wildman–Crippen MR) is 64.6 cm³/mol. The van der Waals surface area contributed by atoms with Crippen molar-refractivity contribution in [1.82, 2.24) is 0 Å². The van der Waals surface area contributed by atoms with Crippen molar-refractivity contribution in [2.45, 2.75) is 37.0 Å². The maximum Gasteiger partial charge on any atom is 0.120 e. The molecule has 0 aromatic heterocycles. The summed E-state index contributed by atoms with van der Waals surface area (Å²) >= 11 is 1.95. The van der Waals surface area contributed by atoms with Gasteiger partial charge in [0.05, 0.1) is 0 Å². The van der Waals surface area contributed by atoms with Gasteiger partial charge >= 0.3 is 0 Å². The van der Waals surface area contributed by atoms with Gasteiger partial charge in [0.15, 0.2) is 0 Å². The van der Waals surface area contributed by atoms with Gasteiger partial charge in [-0.25, -0.2) is 0 Å². The molecule has 0 aliphatic carbocycles. The number of rotatable bonds is 3. The first-order valence-corrected chi connectivity index (χ1v) is 6.49. The van der Waals surface area contributed by atoms with Crippen molar-refractivity contribution in [3.05, 3.63) is 29.3 Å². The van der Waals surface area contributed by atoms with Crippen molar-refractivity contribution in [3.63, 3.8) is 0 Å². The van der Waals surface area contributed by atoms with Gasteiger partial charge in [-0.3, -0.25) is 0 Å². The summed E-state index contributed by atoms with van der Waals surface area (Å²) in [5, 5.41) is 0. The Labute approximate surface area is 95.3 Å². The van der Waals surface area contributed by atoms with Gasteiger partial charge in [-0.2, -0.15) is 0 Å². The van der Waals surface area contributed by atoms with Crippen molar-refractivity contribution < 1.29 is 4.79 Å². The second kappa shape index (κ2) is 4.84. The highest BCUT2D eigenvalue weighted by atomic mass is 32.2. The fourth-order valence-corrected chi connectivity index (χ4v) is 2.99. The van der Waals surface area contributed by atoms with Crippen LogP contribution in [0.3, 0.4) is 0 Å². The minimum absolute atomic E-state index is 0.361. The van der Waals surface area contributed by atoms with E-state index in [0.717, 1.165) is 6.29 Å². The second-order valence-electron chi connectivity index (χ2n) is 4.12. The summed E-state index contributed by atoms with van der Waals surface area (Å²) in [6, 6.07) is 6.68. The minimum Gasteiger partial charge on any atom is -0.303 e. The molecule has 0 fully saturated rings. The summed E-state index contributed by atoms with van der Waals surface area (Å²) in [5.41, 5.74) is 2.78. The Kier molecular flexibility index (Phi) is 3.47. The molecule has 1 atom stereocenters. The second-order valence-corrected chi connectivity index (χ2v) is 5.26. The third-order valence-electron chi connectivity index (χ3n) is 2.95. The zero-order valence-electron chi connectivity index (χ0n) is 9.03. The first-order chi connectivity index (χ1) is 7.31. The molecule has 2 rings (SSSR count). The number of benzene rings is 1. The number of aryl methyl sites for hydroxylation is 1. The van der Waals surface area contributed by atoms with Crippen LogP contribution in [0, 0.1) is 0 Å². The van der Waals surface area contributed by atoms with E-state index in [9.17, 15) is 4.79 Å². The van der Waals surface area contributed by atoms with Crippen LogP contribution < -0.4 is 0 Å². The number of carbonyl (C=O) groups is 1. The molecule has 1 nitrogen and oxygen atoms in total. The highest BCUT2D eigenvalue weighted by Gasteiger charge is 2.12. The Balaban J connectivity index is 2.23. The van der Waals surface area contributed by atoms with E-state index in [1.807, 2.05) is 11.8 Å². The third-order valence-corrected chi connectivity index (χ3v) is 4.15. The molecule has 1 aromatic carbocycles. The fraction of sp³-hybridized carbons (Fsp3) is 0.462. The van der Waals surface area contributed by atoms with Gasteiger partial charge < -0.3 is 4.79 Å². The molecule has 1 unspecified atom stereocenters. The van der Waals surface area contributed by atoms with Crippen molar-refractivity contribution >= 4 is 18.0 Å². The van der Waals surface area contributed by atoms with Gasteiger partial charge in [0.2, 0.25) is 0 Å². The van der Waals surface area contributed by atoms with Crippen molar-refractivity contribution in [2.75, 3.05) is 5.75 Å². The molecule has 1 aromatic rings. The highest BCUT2D eigenvalue weighted by molar-refractivity contribution is 7.99. The Morgan fingerprint density at radius 3 is 3.20 bits per heavy atom. The lowest BCUT2D eigenvalue weighted by molar-refractivity contribution is -0.108. The van der Waals surface area contributed by atoms with Gasteiger partial charge in [0.1, 0.15) is 6.29 Å². The van der Waals surface area contributed by atoms with Crippen LogP contribution in [0.25, 0.3) is 0 Å². The predicted octanol–water partition coefficient (Wildman–Crippen LogP) is 3.42. The molecule has 80 valence electrons. The molecule has 1 aliphatic rings. The molecule has 15 heavy (non-hydrogen) atoms. The van der Waals surface area contributed by atoms with Crippen LogP contribution >= 0.6 is 11.8 Å². The van der Waals surface area contributed by atoms with E-state index in [2.05, 4.69) is 25.1 Å². The molecular weight excluding hydrogens is 204 g/mol. The smallest absolute Gasteiger partial charge is 0.120 e. The summed E-state index contributed by atoms with van der Waals surface area (Å²) in [4.78, 5) is 11.9. The summed E-state index contributed by atoms with van der Waals surface area (Å²) in [7, 11) is 0. The lowest BCUT2D eigenvalue weighted by Gasteiger charge is -2.17. The molecule has 1 aliphatic heterocycles. The van der Waals surface area contributed by atoms with E-state index in [4.69, 9.17) is 0 Å². The van der Waals surface area contributed by atoms with Gasteiger partial charge in [0.25, 0.3) is 0 Å². The molecule has 0 saturated heterocycles. The van der Waals surface area contributed by atoms with E-state index >= 15 is 0 Å². The summed E-state index contributed by atoms with van der Waals surface area (Å²) in [6.45, 7) is 2.12. The largest absolute Gasteiger partial charge is 0.303 e.